The number of furan rings is 1. The van der Waals surface area contributed by atoms with Gasteiger partial charge in [0.1, 0.15) is 5.82 Å². The predicted octanol–water partition coefficient (Wildman–Crippen LogP) is 4.48. The number of fused-ring (bicyclic) bond motifs is 1. The molecule has 5 nitrogen and oxygen atoms in total. The number of aromatic amines is 1. The van der Waals surface area contributed by atoms with Crippen LogP contribution in [-0.2, 0) is 0 Å². The lowest BCUT2D eigenvalue weighted by atomic mass is 9.96. The maximum atomic E-state index is 12.3. The van der Waals surface area contributed by atoms with Crippen LogP contribution in [0.3, 0.4) is 0 Å². The van der Waals surface area contributed by atoms with Crippen molar-refractivity contribution in [1.29, 1.82) is 0 Å². The van der Waals surface area contributed by atoms with E-state index in [9.17, 15) is 4.79 Å². The number of H-pyrrole nitrogens is 1. The molecule has 1 amide bonds. The number of imidazole rings is 1. The number of likely N-dealkylation sites (tertiary alicyclic amines) is 1. The predicted molar refractivity (Wildman–Crippen MR) is 92.7 cm³/mol. The van der Waals surface area contributed by atoms with Crippen LogP contribution in [0.25, 0.3) is 11.0 Å². The first-order valence-corrected chi connectivity index (χ1v) is 8.55. The first kappa shape index (κ1) is 15.5. The van der Waals surface area contributed by atoms with Gasteiger partial charge in [-0.1, -0.05) is 23.2 Å². The lowest BCUT2D eigenvalue weighted by Crippen LogP contribution is -2.37. The molecule has 1 fully saturated rings. The number of amides is 1. The SMILES string of the molecule is O=C(c1ccco1)N1CCC(c2nc3cc(Cl)c(Cl)cc3[nH]2)CC1. The van der Waals surface area contributed by atoms with E-state index in [1.54, 1.807) is 24.3 Å². The number of rotatable bonds is 2. The van der Waals surface area contributed by atoms with Gasteiger partial charge < -0.3 is 14.3 Å². The summed E-state index contributed by atoms with van der Waals surface area (Å²) in [5.41, 5.74) is 1.70. The Kier molecular flexibility index (Phi) is 3.98. The fraction of sp³-hybridized carbons (Fsp3) is 0.294. The van der Waals surface area contributed by atoms with Gasteiger partial charge in [0, 0.05) is 19.0 Å². The van der Waals surface area contributed by atoms with Gasteiger partial charge in [-0.25, -0.2) is 4.98 Å². The molecule has 1 aliphatic rings. The molecule has 124 valence electrons. The normalized spacial score (nSPS) is 16.0. The minimum atomic E-state index is -0.0541. The Balaban J connectivity index is 1.49. The smallest absolute Gasteiger partial charge is 0.289 e. The van der Waals surface area contributed by atoms with Crippen molar-refractivity contribution in [3.05, 3.63) is 52.2 Å². The van der Waals surface area contributed by atoms with Crippen LogP contribution in [0.2, 0.25) is 10.0 Å². The molecular weight excluding hydrogens is 349 g/mol. The average molecular weight is 364 g/mol. The third kappa shape index (κ3) is 2.78. The fourth-order valence-corrected chi connectivity index (χ4v) is 3.45. The standard InChI is InChI=1S/C17H15Cl2N3O2/c18-11-8-13-14(9-12(11)19)21-16(20-13)10-3-5-22(6-4-10)17(23)15-2-1-7-24-15/h1-2,7-10H,3-6H2,(H,20,21). The van der Waals surface area contributed by atoms with Gasteiger partial charge in [0.25, 0.3) is 5.91 Å². The first-order valence-electron chi connectivity index (χ1n) is 7.79. The lowest BCUT2D eigenvalue weighted by molar-refractivity contribution is 0.0679. The van der Waals surface area contributed by atoms with Crippen molar-refractivity contribution in [2.75, 3.05) is 13.1 Å². The molecule has 7 heteroatoms. The highest BCUT2D eigenvalue weighted by Crippen LogP contribution is 2.31. The van der Waals surface area contributed by atoms with Crippen LogP contribution >= 0.6 is 23.2 Å². The van der Waals surface area contributed by atoms with E-state index in [4.69, 9.17) is 27.6 Å². The minimum Gasteiger partial charge on any atom is -0.459 e. The van der Waals surface area contributed by atoms with Gasteiger partial charge in [-0.15, -0.1) is 0 Å². The highest BCUT2D eigenvalue weighted by Gasteiger charge is 2.27. The van der Waals surface area contributed by atoms with Crippen LogP contribution in [-0.4, -0.2) is 33.9 Å². The number of halogens is 2. The zero-order valence-corrected chi connectivity index (χ0v) is 14.3. The summed E-state index contributed by atoms with van der Waals surface area (Å²) in [6.45, 7) is 1.37. The van der Waals surface area contributed by atoms with Crippen molar-refractivity contribution >= 4 is 40.1 Å². The fourth-order valence-electron chi connectivity index (χ4n) is 3.13. The zero-order valence-electron chi connectivity index (χ0n) is 12.8. The van der Waals surface area contributed by atoms with Gasteiger partial charge in [0.2, 0.25) is 0 Å². The van der Waals surface area contributed by atoms with E-state index in [-0.39, 0.29) is 11.8 Å². The molecule has 1 aliphatic heterocycles. The summed E-state index contributed by atoms with van der Waals surface area (Å²) in [5.74, 6) is 1.55. The van der Waals surface area contributed by atoms with Crippen molar-refractivity contribution in [1.82, 2.24) is 14.9 Å². The Morgan fingerprint density at radius 2 is 2.00 bits per heavy atom. The molecule has 2 aromatic heterocycles. The van der Waals surface area contributed by atoms with E-state index in [0.29, 0.717) is 28.9 Å². The molecule has 0 saturated carbocycles. The number of hydrogen-bond donors (Lipinski definition) is 1. The van der Waals surface area contributed by atoms with Crippen molar-refractivity contribution in [2.24, 2.45) is 0 Å². The molecule has 24 heavy (non-hydrogen) atoms. The number of benzene rings is 1. The average Bonchev–Trinajstić information content (AvgIpc) is 3.24. The number of hydrogen-bond acceptors (Lipinski definition) is 3. The Morgan fingerprint density at radius 3 is 2.71 bits per heavy atom. The summed E-state index contributed by atoms with van der Waals surface area (Å²) in [6.07, 6.45) is 3.23. The van der Waals surface area contributed by atoms with E-state index in [1.807, 2.05) is 4.90 Å². The highest BCUT2D eigenvalue weighted by atomic mass is 35.5. The second kappa shape index (κ2) is 6.15. The molecule has 0 atom stereocenters. The number of aromatic nitrogens is 2. The van der Waals surface area contributed by atoms with Crippen LogP contribution in [0.5, 0.6) is 0 Å². The van der Waals surface area contributed by atoms with Crippen molar-refractivity contribution < 1.29 is 9.21 Å². The summed E-state index contributed by atoms with van der Waals surface area (Å²) < 4.78 is 5.19. The largest absolute Gasteiger partial charge is 0.459 e. The summed E-state index contributed by atoms with van der Waals surface area (Å²) in [4.78, 5) is 22.1. The molecule has 0 bridgehead atoms. The quantitative estimate of drug-likeness (QED) is 0.729. The van der Waals surface area contributed by atoms with E-state index < -0.39 is 0 Å². The summed E-state index contributed by atoms with van der Waals surface area (Å²) in [7, 11) is 0. The number of nitrogens with one attached hydrogen (secondary N) is 1. The Hall–Kier alpha value is -1.98. The molecule has 1 aromatic carbocycles. The monoisotopic (exact) mass is 363 g/mol. The Bertz CT molecular complexity index is 842. The molecule has 3 heterocycles. The van der Waals surface area contributed by atoms with Gasteiger partial charge in [-0.2, -0.15) is 0 Å². The second-order valence-electron chi connectivity index (χ2n) is 5.95. The minimum absolute atomic E-state index is 0.0541. The van der Waals surface area contributed by atoms with Crippen LogP contribution in [0, 0.1) is 0 Å². The van der Waals surface area contributed by atoms with Gasteiger partial charge in [-0.05, 0) is 37.1 Å². The van der Waals surface area contributed by atoms with Gasteiger partial charge in [0.05, 0.1) is 27.3 Å². The molecule has 1 N–H and O–H groups in total. The maximum Gasteiger partial charge on any atom is 0.289 e. The number of piperidine rings is 1. The lowest BCUT2D eigenvalue weighted by Gasteiger charge is -2.30. The number of carbonyl (C=O) groups is 1. The third-order valence-corrected chi connectivity index (χ3v) is 5.17. The van der Waals surface area contributed by atoms with E-state index >= 15 is 0 Å². The highest BCUT2D eigenvalue weighted by molar-refractivity contribution is 6.42. The topological polar surface area (TPSA) is 62.1 Å². The summed E-state index contributed by atoms with van der Waals surface area (Å²) >= 11 is 12.1. The summed E-state index contributed by atoms with van der Waals surface area (Å²) in [6, 6.07) is 6.99. The van der Waals surface area contributed by atoms with Crippen LogP contribution in [0.1, 0.15) is 35.1 Å². The third-order valence-electron chi connectivity index (χ3n) is 4.44. The molecule has 3 aromatic rings. The van der Waals surface area contributed by atoms with Crippen molar-refractivity contribution in [2.45, 2.75) is 18.8 Å². The van der Waals surface area contributed by atoms with E-state index in [1.165, 1.54) is 6.26 Å². The first-order chi connectivity index (χ1) is 11.6. The zero-order chi connectivity index (χ0) is 16.7. The van der Waals surface area contributed by atoms with Crippen LogP contribution < -0.4 is 0 Å². The van der Waals surface area contributed by atoms with E-state index in [2.05, 4.69) is 9.97 Å². The van der Waals surface area contributed by atoms with E-state index in [0.717, 1.165) is 29.7 Å². The molecule has 0 unspecified atom stereocenters. The van der Waals surface area contributed by atoms with Gasteiger partial charge in [-0.3, -0.25) is 4.79 Å². The van der Waals surface area contributed by atoms with Crippen molar-refractivity contribution in [3.8, 4) is 0 Å². The van der Waals surface area contributed by atoms with Crippen LogP contribution in [0.15, 0.2) is 34.9 Å². The van der Waals surface area contributed by atoms with Crippen LogP contribution in [0.4, 0.5) is 0 Å². The molecule has 0 aliphatic carbocycles. The van der Waals surface area contributed by atoms with Gasteiger partial charge >= 0.3 is 0 Å². The molecule has 1 saturated heterocycles. The maximum absolute atomic E-state index is 12.3. The number of carbonyl (C=O) groups excluding carboxylic acids is 1. The Morgan fingerprint density at radius 1 is 1.25 bits per heavy atom. The van der Waals surface area contributed by atoms with Gasteiger partial charge in [0.15, 0.2) is 5.76 Å². The summed E-state index contributed by atoms with van der Waals surface area (Å²) in [5, 5.41) is 1.01. The molecule has 0 spiro atoms. The molecule has 0 radical (unpaired) electrons. The molecule has 4 rings (SSSR count). The molecular formula is C17H15Cl2N3O2. The Labute approximate surface area is 148 Å². The van der Waals surface area contributed by atoms with Crippen molar-refractivity contribution in [3.63, 3.8) is 0 Å². The number of nitrogens with zero attached hydrogens (tertiary/aromatic N) is 2. The second-order valence-corrected chi connectivity index (χ2v) is 6.76.